The molecule has 6 heteroatoms. The first-order chi connectivity index (χ1) is 13.2. The van der Waals surface area contributed by atoms with Gasteiger partial charge < -0.3 is 10.1 Å². The summed E-state index contributed by atoms with van der Waals surface area (Å²) in [6.07, 6.45) is 5.51. The van der Waals surface area contributed by atoms with E-state index < -0.39 is 5.91 Å². The Morgan fingerprint density at radius 2 is 2.00 bits per heavy atom. The van der Waals surface area contributed by atoms with Crippen molar-refractivity contribution in [2.75, 3.05) is 11.9 Å². The minimum Gasteiger partial charge on any atom is -0.494 e. The van der Waals surface area contributed by atoms with Gasteiger partial charge in [0, 0.05) is 4.88 Å². The highest BCUT2D eigenvalue weighted by atomic mass is 32.1. The molecule has 0 bridgehead atoms. The van der Waals surface area contributed by atoms with Crippen LogP contribution in [0.15, 0.2) is 29.8 Å². The van der Waals surface area contributed by atoms with Crippen LogP contribution < -0.4 is 10.1 Å². The summed E-state index contributed by atoms with van der Waals surface area (Å²) in [5, 5.41) is 22.2. The topological polar surface area (TPSA) is 85.9 Å². The number of nitriles is 2. The SMILES string of the molecule is CCOc1ccc(/C=C(\C#N)C(=O)Nc2sc3c(c2C#N)CCCC3)cc1. The van der Waals surface area contributed by atoms with Crippen molar-refractivity contribution in [3.63, 3.8) is 0 Å². The molecule has 2 aromatic rings. The van der Waals surface area contributed by atoms with Crippen molar-refractivity contribution in [3.05, 3.63) is 51.4 Å². The summed E-state index contributed by atoms with van der Waals surface area (Å²) < 4.78 is 5.39. The quantitative estimate of drug-likeness (QED) is 0.616. The molecule has 0 fully saturated rings. The number of hydrogen-bond acceptors (Lipinski definition) is 5. The van der Waals surface area contributed by atoms with E-state index in [1.807, 2.05) is 13.0 Å². The van der Waals surface area contributed by atoms with Gasteiger partial charge in [0.15, 0.2) is 0 Å². The predicted octanol–water partition coefficient (Wildman–Crippen LogP) is 4.44. The first-order valence-corrected chi connectivity index (χ1v) is 9.68. The number of amides is 1. The molecular formula is C21H19N3O2S. The van der Waals surface area contributed by atoms with Crippen molar-refractivity contribution in [2.45, 2.75) is 32.6 Å². The smallest absolute Gasteiger partial charge is 0.266 e. The Morgan fingerprint density at radius 1 is 1.26 bits per heavy atom. The Bertz CT molecular complexity index is 959. The third-order valence-corrected chi connectivity index (χ3v) is 5.58. The molecule has 1 aromatic carbocycles. The third-order valence-electron chi connectivity index (χ3n) is 4.38. The highest BCUT2D eigenvalue weighted by molar-refractivity contribution is 7.16. The minimum atomic E-state index is -0.499. The summed E-state index contributed by atoms with van der Waals surface area (Å²) in [4.78, 5) is 13.7. The Labute approximate surface area is 162 Å². The van der Waals surface area contributed by atoms with Gasteiger partial charge in [-0.2, -0.15) is 10.5 Å². The maximum Gasteiger partial charge on any atom is 0.266 e. The molecule has 1 aliphatic carbocycles. The van der Waals surface area contributed by atoms with E-state index >= 15 is 0 Å². The number of benzene rings is 1. The zero-order chi connectivity index (χ0) is 19.2. The van der Waals surface area contributed by atoms with Gasteiger partial charge in [-0.05, 0) is 61.9 Å². The fraction of sp³-hybridized carbons (Fsp3) is 0.286. The number of fused-ring (bicyclic) bond motifs is 1. The number of rotatable bonds is 5. The van der Waals surface area contributed by atoms with E-state index in [9.17, 15) is 15.3 Å². The number of carbonyl (C=O) groups is 1. The van der Waals surface area contributed by atoms with Gasteiger partial charge in [-0.3, -0.25) is 4.79 Å². The second-order valence-corrected chi connectivity index (χ2v) is 7.26. The van der Waals surface area contributed by atoms with Crippen LogP contribution in [0.4, 0.5) is 5.00 Å². The van der Waals surface area contributed by atoms with Crippen molar-refractivity contribution >= 4 is 28.3 Å². The molecular weight excluding hydrogens is 358 g/mol. The molecule has 3 rings (SSSR count). The van der Waals surface area contributed by atoms with Crippen LogP contribution in [0.5, 0.6) is 5.75 Å². The van der Waals surface area contributed by atoms with Gasteiger partial charge in [-0.25, -0.2) is 0 Å². The van der Waals surface area contributed by atoms with Gasteiger partial charge in [-0.1, -0.05) is 12.1 Å². The number of thiophene rings is 1. The molecule has 0 unspecified atom stereocenters. The maximum absolute atomic E-state index is 12.6. The molecule has 1 heterocycles. The largest absolute Gasteiger partial charge is 0.494 e. The number of ether oxygens (including phenoxy) is 1. The van der Waals surface area contributed by atoms with Crippen molar-refractivity contribution in [2.24, 2.45) is 0 Å². The molecule has 0 aliphatic heterocycles. The molecule has 0 saturated heterocycles. The Kier molecular flexibility index (Phi) is 5.90. The van der Waals surface area contributed by atoms with Crippen molar-refractivity contribution in [1.82, 2.24) is 0 Å². The second kappa shape index (κ2) is 8.53. The number of carbonyl (C=O) groups excluding carboxylic acids is 1. The molecule has 0 saturated carbocycles. The third kappa shape index (κ3) is 4.19. The zero-order valence-electron chi connectivity index (χ0n) is 15.0. The molecule has 1 aliphatic rings. The first kappa shape index (κ1) is 18.7. The van der Waals surface area contributed by atoms with Crippen LogP contribution in [0.25, 0.3) is 6.08 Å². The Balaban J connectivity index is 1.81. The van der Waals surface area contributed by atoms with E-state index in [-0.39, 0.29) is 5.57 Å². The second-order valence-electron chi connectivity index (χ2n) is 6.15. The zero-order valence-corrected chi connectivity index (χ0v) is 15.9. The average Bonchev–Trinajstić information content (AvgIpc) is 3.04. The number of anilines is 1. The van der Waals surface area contributed by atoms with Crippen LogP contribution >= 0.6 is 11.3 Å². The lowest BCUT2D eigenvalue weighted by molar-refractivity contribution is -0.112. The predicted molar refractivity (Wildman–Crippen MR) is 106 cm³/mol. The van der Waals surface area contributed by atoms with E-state index in [0.29, 0.717) is 17.2 Å². The van der Waals surface area contributed by atoms with E-state index in [4.69, 9.17) is 4.74 Å². The fourth-order valence-electron chi connectivity index (χ4n) is 3.08. The van der Waals surface area contributed by atoms with E-state index in [1.165, 1.54) is 22.3 Å². The molecule has 0 radical (unpaired) electrons. The van der Waals surface area contributed by atoms with Crippen molar-refractivity contribution < 1.29 is 9.53 Å². The number of nitrogens with zero attached hydrogens (tertiary/aromatic N) is 2. The lowest BCUT2D eigenvalue weighted by Crippen LogP contribution is -2.13. The van der Waals surface area contributed by atoms with E-state index in [2.05, 4.69) is 11.4 Å². The van der Waals surface area contributed by atoms with Gasteiger partial charge in [0.25, 0.3) is 5.91 Å². The molecule has 0 atom stereocenters. The monoisotopic (exact) mass is 377 g/mol. The normalized spacial score (nSPS) is 13.2. The Morgan fingerprint density at radius 3 is 2.67 bits per heavy atom. The van der Waals surface area contributed by atoms with E-state index in [1.54, 1.807) is 24.3 Å². The molecule has 1 N–H and O–H groups in total. The molecule has 0 spiro atoms. The van der Waals surface area contributed by atoms with Crippen LogP contribution in [0, 0.1) is 22.7 Å². The van der Waals surface area contributed by atoms with Crippen LogP contribution in [0.2, 0.25) is 0 Å². The number of nitrogens with one attached hydrogen (secondary N) is 1. The summed E-state index contributed by atoms with van der Waals surface area (Å²) in [5.41, 5.74) is 2.32. The highest BCUT2D eigenvalue weighted by Gasteiger charge is 2.22. The lowest BCUT2D eigenvalue weighted by Gasteiger charge is -2.09. The highest BCUT2D eigenvalue weighted by Crippen LogP contribution is 2.37. The lowest BCUT2D eigenvalue weighted by atomic mass is 9.96. The van der Waals surface area contributed by atoms with Crippen LogP contribution in [-0.2, 0) is 17.6 Å². The van der Waals surface area contributed by atoms with Gasteiger partial charge in [0.1, 0.15) is 28.5 Å². The summed E-state index contributed by atoms with van der Waals surface area (Å²) >= 11 is 1.45. The molecule has 27 heavy (non-hydrogen) atoms. The van der Waals surface area contributed by atoms with Crippen molar-refractivity contribution in [1.29, 1.82) is 10.5 Å². The van der Waals surface area contributed by atoms with Crippen LogP contribution in [-0.4, -0.2) is 12.5 Å². The summed E-state index contributed by atoms with van der Waals surface area (Å²) in [6.45, 7) is 2.48. The summed E-state index contributed by atoms with van der Waals surface area (Å²) in [7, 11) is 0. The standard InChI is InChI=1S/C21H19N3O2S/c1-2-26-16-9-7-14(8-10-16)11-15(12-22)20(25)24-21-18(13-23)17-5-3-4-6-19(17)27-21/h7-11H,2-6H2,1H3,(H,24,25)/b15-11+. The number of aryl methyl sites for hydroxylation is 1. The van der Waals surface area contributed by atoms with Gasteiger partial charge in [-0.15, -0.1) is 11.3 Å². The molecule has 5 nitrogen and oxygen atoms in total. The fourth-order valence-corrected chi connectivity index (χ4v) is 4.32. The first-order valence-electron chi connectivity index (χ1n) is 8.87. The summed E-state index contributed by atoms with van der Waals surface area (Å²) in [6, 6.07) is 11.3. The van der Waals surface area contributed by atoms with Gasteiger partial charge in [0.2, 0.25) is 0 Å². The van der Waals surface area contributed by atoms with Crippen LogP contribution in [0.1, 0.15) is 41.3 Å². The molecule has 1 aromatic heterocycles. The van der Waals surface area contributed by atoms with Gasteiger partial charge >= 0.3 is 0 Å². The molecule has 136 valence electrons. The van der Waals surface area contributed by atoms with Crippen molar-refractivity contribution in [3.8, 4) is 17.9 Å². The maximum atomic E-state index is 12.6. The summed E-state index contributed by atoms with van der Waals surface area (Å²) in [5.74, 6) is 0.238. The molecule has 1 amide bonds. The number of hydrogen-bond donors (Lipinski definition) is 1. The minimum absolute atomic E-state index is 0.00517. The van der Waals surface area contributed by atoms with Gasteiger partial charge in [0.05, 0.1) is 12.2 Å². The Hall–Kier alpha value is -3.09. The van der Waals surface area contributed by atoms with E-state index in [0.717, 1.165) is 42.6 Å². The average molecular weight is 377 g/mol. The van der Waals surface area contributed by atoms with Crippen LogP contribution in [0.3, 0.4) is 0 Å².